The molecule has 1 aromatic heterocycles. The third kappa shape index (κ3) is 2.81. The van der Waals surface area contributed by atoms with Crippen molar-refractivity contribution >= 4 is 23.0 Å². The molecule has 138 valence electrons. The first kappa shape index (κ1) is 16.9. The highest BCUT2D eigenvalue weighted by molar-refractivity contribution is 5.85. The molecule has 2 heterocycles. The number of carbonyl (C=O) groups is 2. The fraction of sp³-hybridized carbons (Fsp3) is 0.526. The van der Waals surface area contributed by atoms with Crippen molar-refractivity contribution in [2.24, 2.45) is 5.92 Å². The zero-order valence-corrected chi connectivity index (χ0v) is 14.5. The first-order chi connectivity index (χ1) is 12.6. The number of oxazole rings is 1. The molecule has 0 spiro atoms. The van der Waals surface area contributed by atoms with Crippen molar-refractivity contribution in [1.29, 1.82) is 0 Å². The number of carboxylic acid groups (broad SMARTS) is 1. The van der Waals surface area contributed by atoms with Crippen LogP contribution in [0, 0.1) is 5.92 Å². The van der Waals surface area contributed by atoms with Gasteiger partial charge < -0.3 is 14.4 Å². The molecule has 4 rings (SSSR count). The van der Waals surface area contributed by atoms with E-state index in [1.54, 1.807) is 23.1 Å². The van der Waals surface area contributed by atoms with Gasteiger partial charge >= 0.3 is 11.7 Å². The lowest BCUT2D eigenvalue weighted by molar-refractivity contribution is -0.150. The number of likely N-dealkylation sites (tertiary alicyclic amines) is 1. The summed E-state index contributed by atoms with van der Waals surface area (Å²) in [4.78, 5) is 38.2. The second-order valence-corrected chi connectivity index (χ2v) is 7.24. The Morgan fingerprint density at radius 2 is 1.96 bits per heavy atom. The Morgan fingerprint density at radius 3 is 2.77 bits per heavy atom. The van der Waals surface area contributed by atoms with Crippen molar-refractivity contribution in [2.45, 2.75) is 57.2 Å². The fourth-order valence-electron chi connectivity index (χ4n) is 4.60. The van der Waals surface area contributed by atoms with E-state index in [9.17, 15) is 19.5 Å². The van der Waals surface area contributed by atoms with Crippen LogP contribution in [0.1, 0.15) is 38.5 Å². The predicted molar refractivity (Wildman–Crippen MR) is 93.7 cm³/mol. The lowest BCUT2D eigenvalue weighted by Gasteiger charge is -2.33. The number of hydrogen-bond acceptors (Lipinski definition) is 4. The highest BCUT2D eigenvalue weighted by Gasteiger charge is 2.47. The van der Waals surface area contributed by atoms with Crippen LogP contribution in [0.25, 0.3) is 11.1 Å². The first-order valence-corrected chi connectivity index (χ1v) is 9.18. The third-order valence-corrected chi connectivity index (χ3v) is 5.78. The van der Waals surface area contributed by atoms with Crippen LogP contribution in [0.15, 0.2) is 33.5 Å². The van der Waals surface area contributed by atoms with Gasteiger partial charge in [0.1, 0.15) is 6.04 Å². The maximum Gasteiger partial charge on any atom is 0.419 e. The van der Waals surface area contributed by atoms with Gasteiger partial charge in [-0.25, -0.2) is 9.59 Å². The van der Waals surface area contributed by atoms with E-state index in [0.29, 0.717) is 17.5 Å². The first-order valence-electron chi connectivity index (χ1n) is 9.18. The van der Waals surface area contributed by atoms with E-state index >= 15 is 0 Å². The van der Waals surface area contributed by atoms with Crippen molar-refractivity contribution in [3.63, 3.8) is 0 Å². The summed E-state index contributed by atoms with van der Waals surface area (Å²) in [5.74, 6) is -1.33. The van der Waals surface area contributed by atoms with Crippen LogP contribution in [0.3, 0.4) is 0 Å². The minimum atomic E-state index is -0.932. The largest absolute Gasteiger partial charge is 0.480 e. The number of rotatable bonds is 4. The molecule has 2 aliphatic rings. The molecule has 1 aliphatic heterocycles. The second-order valence-electron chi connectivity index (χ2n) is 7.24. The molecule has 0 bridgehead atoms. The molecule has 26 heavy (non-hydrogen) atoms. The molecule has 1 aliphatic carbocycles. The molecule has 7 heteroatoms. The van der Waals surface area contributed by atoms with E-state index < -0.39 is 17.8 Å². The van der Waals surface area contributed by atoms with E-state index in [4.69, 9.17) is 4.42 Å². The Bertz CT molecular complexity index is 899. The van der Waals surface area contributed by atoms with Crippen LogP contribution in [0.5, 0.6) is 0 Å². The van der Waals surface area contributed by atoms with Gasteiger partial charge in [-0.2, -0.15) is 0 Å². The number of aromatic nitrogens is 1. The van der Waals surface area contributed by atoms with E-state index in [1.807, 2.05) is 6.07 Å². The number of aryl methyl sites for hydroxylation is 1. The van der Waals surface area contributed by atoms with Crippen molar-refractivity contribution in [1.82, 2.24) is 9.47 Å². The van der Waals surface area contributed by atoms with E-state index in [0.717, 1.165) is 25.7 Å². The summed E-state index contributed by atoms with van der Waals surface area (Å²) >= 11 is 0. The molecular formula is C19H22N2O5. The predicted octanol–water partition coefficient (Wildman–Crippen LogP) is 2.23. The molecule has 1 saturated heterocycles. The quantitative estimate of drug-likeness (QED) is 0.905. The monoisotopic (exact) mass is 358 g/mol. The third-order valence-electron chi connectivity index (χ3n) is 5.78. The summed E-state index contributed by atoms with van der Waals surface area (Å²) in [6, 6.07) is 6.36. The average Bonchev–Trinajstić information content (AvgIpc) is 3.17. The maximum atomic E-state index is 12.9. The Morgan fingerprint density at radius 1 is 1.19 bits per heavy atom. The summed E-state index contributed by atoms with van der Waals surface area (Å²) in [5.41, 5.74) is 1.14. The summed E-state index contributed by atoms with van der Waals surface area (Å²) in [6.07, 6.45) is 4.63. The lowest BCUT2D eigenvalue weighted by Crippen LogP contribution is -2.46. The Kier molecular flexibility index (Phi) is 4.30. The van der Waals surface area contributed by atoms with E-state index in [-0.39, 0.29) is 30.8 Å². The SMILES string of the molecule is O=C(O)[C@@H]1C[C@H]2CCCC[C@H]2N1C(=O)CCn1c(=O)oc2ccccc21. The Balaban J connectivity index is 1.54. The van der Waals surface area contributed by atoms with Gasteiger partial charge in [0.2, 0.25) is 5.91 Å². The van der Waals surface area contributed by atoms with Gasteiger partial charge in [0.15, 0.2) is 5.58 Å². The minimum absolute atomic E-state index is 0.0233. The maximum absolute atomic E-state index is 12.9. The van der Waals surface area contributed by atoms with Crippen molar-refractivity contribution in [3.05, 3.63) is 34.8 Å². The average molecular weight is 358 g/mol. The minimum Gasteiger partial charge on any atom is -0.480 e. The van der Waals surface area contributed by atoms with Crippen LogP contribution in [-0.4, -0.2) is 38.5 Å². The number of fused-ring (bicyclic) bond motifs is 2. The normalized spacial score (nSPS) is 25.4. The standard InChI is InChI=1S/C19H22N2O5/c22-17(9-10-20-14-7-3-4-8-16(14)26-19(20)25)21-13-6-2-1-5-12(13)11-15(21)18(23)24/h3-4,7-8,12-13,15H,1-2,5-6,9-11H2,(H,23,24)/t12-,13-,15+/m1/s1. The van der Waals surface area contributed by atoms with Gasteiger partial charge in [-0.15, -0.1) is 0 Å². The number of carboxylic acids is 1. The van der Waals surface area contributed by atoms with E-state index in [2.05, 4.69) is 0 Å². The fourth-order valence-corrected chi connectivity index (χ4v) is 4.60. The van der Waals surface area contributed by atoms with Crippen LogP contribution >= 0.6 is 0 Å². The highest BCUT2D eigenvalue weighted by Crippen LogP contribution is 2.40. The molecule has 0 radical (unpaired) electrons. The molecule has 2 fully saturated rings. The number of nitrogens with zero attached hydrogens (tertiary/aromatic N) is 2. The molecule has 1 saturated carbocycles. The van der Waals surface area contributed by atoms with Gasteiger partial charge in [-0.3, -0.25) is 9.36 Å². The molecule has 1 aromatic carbocycles. The van der Waals surface area contributed by atoms with Crippen LogP contribution in [0.2, 0.25) is 0 Å². The number of aliphatic carboxylic acids is 1. The van der Waals surface area contributed by atoms with Gasteiger partial charge in [0.25, 0.3) is 0 Å². The Labute approximate surface area is 150 Å². The van der Waals surface area contributed by atoms with Crippen LogP contribution in [0.4, 0.5) is 0 Å². The van der Waals surface area contributed by atoms with Gasteiger partial charge in [-0.1, -0.05) is 25.0 Å². The number of amides is 1. The summed E-state index contributed by atoms with van der Waals surface area (Å²) in [7, 11) is 0. The van der Waals surface area contributed by atoms with Gasteiger partial charge in [0.05, 0.1) is 5.52 Å². The van der Waals surface area contributed by atoms with E-state index in [1.165, 1.54) is 4.57 Å². The molecule has 7 nitrogen and oxygen atoms in total. The molecule has 1 N–H and O–H groups in total. The molecule has 3 atom stereocenters. The number of hydrogen-bond donors (Lipinski definition) is 1. The summed E-state index contributed by atoms with van der Waals surface area (Å²) in [6.45, 7) is 0.189. The topological polar surface area (TPSA) is 92.8 Å². The number of para-hydroxylation sites is 2. The molecule has 0 unspecified atom stereocenters. The zero-order chi connectivity index (χ0) is 18.3. The number of benzene rings is 1. The smallest absolute Gasteiger partial charge is 0.419 e. The molecule has 2 aromatic rings. The summed E-state index contributed by atoms with van der Waals surface area (Å²) in [5, 5.41) is 9.55. The lowest BCUT2D eigenvalue weighted by atomic mass is 9.84. The summed E-state index contributed by atoms with van der Waals surface area (Å²) < 4.78 is 6.63. The van der Waals surface area contributed by atoms with Crippen molar-refractivity contribution in [2.75, 3.05) is 0 Å². The molecular weight excluding hydrogens is 336 g/mol. The van der Waals surface area contributed by atoms with Gasteiger partial charge in [-0.05, 0) is 37.3 Å². The van der Waals surface area contributed by atoms with Crippen molar-refractivity contribution in [3.8, 4) is 0 Å². The van der Waals surface area contributed by atoms with Gasteiger partial charge in [0, 0.05) is 19.0 Å². The van der Waals surface area contributed by atoms with Crippen LogP contribution in [-0.2, 0) is 16.1 Å². The number of carbonyl (C=O) groups excluding carboxylic acids is 1. The van der Waals surface area contributed by atoms with Crippen molar-refractivity contribution < 1.29 is 19.1 Å². The zero-order valence-electron chi connectivity index (χ0n) is 14.5. The molecule has 1 amide bonds. The van der Waals surface area contributed by atoms with Crippen LogP contribution < -0.4 is 5.76 Å². The highest BCUT2D eigenvalue weighted by atomic mass is 16.4. The second kappa shape index (κ2) is 6.63. The Hall–Kier alpha value is -2.57.